The van der Waals surface area contributed by atoms with Gasteiger partial charge in [-0.05, 0) is 18.2 Å². The molecule has 0 fully saturated rings. The van der Waals surface area contributed by atoms with E-state index in [1.165, 1.54) is 24.3 Å². The lowest BCUT2D eigenvalue weighted by molar-refractivity contribution is 0.0959. The Kier molecular flexibility index (Phi) is 4.26. The summed E-state index contributed by atoms with van der Waals surface area (Å²) in [6.07, 6.45) is 0. The molecule has 0 radical (unpaired) electrons. The minimum Gasteiger partial charge on any atom is -0.289 e. The van der Waals surface area contributed by atoms with Crippen LogP contribution in [0, 0.1) is 0 Å². The third-order valence-corrected chi connectivity index (χ3v) is 5.64. The second-order valence-corrected chi connectivity index (χ2v) is 7.60. The highest BCUT2D eigenvalue weighted by Crippen LogP contribution is 2.39. The molecule has 0 saturated heterocycles. The fourth-order valence-corrected chi connectivity index (χ4v) is 4.09. The Bertz CT molecular complexity index is 1170. The van der Waals surface area contributed by atoms with Crippen molar-refractivity contribution >= 4 is 62.3 Å². The predicted octanol–water partition coefficient (Wildman–Crippen LogP) is 4.89. The first-order valence-corrected chi connectivity index (χ1v) is 9.25. The number of halogens is 3. The summed E-state index contributed by atoms with van der Waals surface area (Å²) in [7, 11) is 0. The van der Waals surface area contributed by atoms with Gasteiger partial charge >= 0.3 is 0 Å². The number of hydrogen-bond acceptors (Lipinski definition) is 4. The summed E-state index contributed by atoms with van der Waals surface area (Å²) >= 11 is 15.6. The topological polar surface area (TPSA) is 68.3 Å². The van der Waals surface area contributed by atoms with Crippen molar-refractivity contribution in [3.8, 4) is 0 Å². The van der Waals surface area contributed by atoms with Crippen LogP contribution in [0.5, 0.6) is 0 Å². The summed E-state index contributed by atoms with van der Waals surface area (Å²) in [6.45, 7) is 0. The largest absolute Gasteiger partial charge is 0.289 e. The Morgan fingerprint density at radius 2 is 1.04 bits per heavy atom. The summed E-state index contributed by atoms with van der Waals surface area (Å²) in [4.78, 5) is 51.3. The van der Waals surface area contributed by atoms with Crippen molar-refractivity contribution in [3.05, 3.63) is 90.4 Å². The molecule has 0 saturated carbocycles. The number of fused-ring (bicyclic) bond motifs is 2. The summed E-state index contributed by atoms with van der Waals surface area (Å²) < 4.78 is 0.602. The van der Waals surface area contributed by atoms with Gasteiger partial charge in [0.25, 0.3) is 0 Å². The molecular formula is C20H7BrCl2O4. The number of hydrogen-bond donors (Lipinski definition) is 0. The molecule has 0 aliphatic heterocycles. The van der Waals surface area contributed by atoms with Gasteiger partial charge in [0.1, 0.15) is 10.1 Å². The zero-order valence-electron chi connectivity index (χ0n) is 13.3. The number of allylic oxidation sites excluding steroid dienone is 4. The maximum absolute atomic E-state index is 13.0. The van der Waals surface area contributed by atoms with Crippen LogP contribution in [-0.4, -0.2) is 23.1 Å². The number of benzene rings is 2. The molecule has 0 unspecified atom stereocenters. The molecule has 0 atom stereocenters. The lowest BCUT2D eigenvalue weighted by Crippen LogP contribution is -2.28. The van der Waals surface area contributed by atoms with Gasteiger partial charge in [-0.25, -0.2) is 0 Å². The van der Waals surface area contributed by atoms with Gasteiger partial charge in [0.2, 0.25) is 11.6 Å². The highest BCUT2D eigenvalue weighted by molar-refractivity contribution is 9.10. The van der Waals surface area contributed by atoms with Gasteiger partial charge in [0.15, 0.2) is 11.6 Å². The van der Waals surface area contributed by atoms with Crippen LogP contribution in [0.25, 0.3) is 0 Å². The number of Topliss-reactive ketones (excluding diaryl/α,β-unsaturated/α-hetero) is 4. The Hall–Kier alpha value is -2.34. The molecule has 0 N–H and O–H groups in total. The van der Waals surface area contributed by atoms with Crippen molar-refractivity contribution < 1.29 is 19.2 Å². The first-order valence-electron chi connectivity index (χ1n) is 7.70. The zero-order valence-corrected chi connectivity index (χ0v) is 16.4. The van der Waals surface area contributed by atoms with E-state index in [0.29, 0.717) is 4.47 Å². The third-order valence-electron chi connectivity index (χ3n) is 4.43. The Morgan fingerprint density at radius 1 is 0.593 bits per heavy atom. The van der Waals surface area contributed by atoms with Crippen LogP contribution < -0.4 is 0 Å². The summed E-state index contributed by atoms with van der Waals surface area (Å²) in [5.41, 5.74) is -0.201. The minimum atomic E-state index is -0.629. The van der Waals surface area contributed by atoms with Gasteiger partial charge in [0, 0.05) is 26.7 Å². The predicted molar refractivity (Wildman–Crippen MR) is 104 cm³/mol. The SMILES string of the molecule is O=C1C(Cl)=C(C2=C(Cl)C(=O)c3cc(Br)ccc3C2=O)C(=O)c2ccccc21. The van der Waals surface area contributed by atoms with E-state index in [2.05, 4.69) is 15.9 Å². The van der Waals surface area contributed by atoms with Crippen molar-refractivity contribution in [2.75, 3.05) is 0 Å². The van der Waals surface area contributed by atoms with Crippen molar-refractivity contribution in [1.29, 1.82) is 0 Å². The smallest absolute Gasteiger partial charge is 0.205 e. The Balaban J connectivity index is 1.97. The Labute approximate surface area is 171 Å². The molecule has 0 heterocycles. The lowest BCUT2D eigenvalue weighted by atomic mass is 9.79. The van der Waals surface area contributed by atoms with E-state index in [1.807, 2.05) is 0 Å². The molecule has 4 rings (SSSR count). The van der Waals surface area contributed by atoms with E-state index in [1.54, 1.807) is 18.2 Å². The summed E-state index contributed by atoms with van der Waals surface area (Å²) in [6, 6.07) is 10.7. The quantitative estimate of drug-likeness (QED) is 0.606. The van der Waals surface area contributed by atoms with Crippen LogP contribution in [0.4, 0.5) is 0 Å². The minimum absolute atomic E-state index is 0.0960. The Morgan fingerprint density at radius 3 is 1.59 bits per heavy atom. The van der Waals surface area contributed by atoms with E-state index in [9.17, 15) is 19.2 Å². The fourth-order valence-electron chi connectivity index (χ4n) is 3.16. The van der Waals surface area contributed by atoms with Crippen LogP contribution in [0.15, 0.2) is 68.1 Å². The maximum Gasteiger partial charge on any atom is 0.205 e. The fraction of sp³-hybridized carbons (Fsp3) is 0. The highest BCUT2D eigenvalue weighted by Gasteiger charge is 2.40. The van der Waals surface area contributed by atoms with Gasteiger partial charge in [-0.3, -0.25) is 19.2 Å². The maximum atomic E-state index is 13.0. The second-order valence-electron chi connectivity index (χ2n) is 5.93. The van der Waals surface area contributed by atoms with Gasteiger partial charge < -0.3 is 0 Å². The molecule has 2 aromatic rings. The molecule has 0 aromatic heterocycles. The van der Waals surface area contributed by atoms with Crippen molar-refractivity contribution in [2.24, 2.45) is 0 Å². The van der Waals surface area contributed by atoms with E-state index in [-0.39, 0.29) is 33.4 Å². The zero-order chi connectivity index (χ0) is 19.5. The number of carbonyl (C=O) groups is 4. The van der Waals surface area contributed by atoms with E-state index in [0.717, 1.165) is 0 Å². The average Bonchev–Trinajstić information content (AvgIpc) is 2.67. The molecule has 4 nitrogen and oxygen atoms in total. The number of carbonyl (C=O) groups excluding carboxylic acids is 4. The van der Waals surface area contributed by atoms with Crippen molar-refractivity contribution in [3.63, 3.8) is 0 Å². The van der Waals surface area contributed by atoms with E-state index in [4.69, 9.17) is 23.2 Å². The second kappa shape index (κ2) is 6.37. The lowest BCUT2D eigenvalue weighted by Gasteiger charge is -2.23. The molecule has 132 valence electrons. The molecule has 2 aliphatic rings. The number of rotatable bonds is 1. The standard InChI is InChI=1S/C20H7BrCl2O4/c21-8-5-6-11-12(7-8)20(27)16(23)14(18(11)25)13-15(22)19(26)10-4-2-1-3-9(10)17(13)24/h1-7H. The van der Waals surface area contributed by atoms with Crippen molar-refractivity contribution in [2.45, 2.75) is 0 Å². The van der Waals surface area contributed by atoms with Gasteiger partial charge in [-0.1, -0.05) is 63.4 Å². The molecular weight excluding hydrogens is 455 g/mol. The van der Waals surface area contributed by atoms with Crippen LogP contribution in [0.3, 0.4) is 0 Å². The monoisotopic (exact) mass is 460 g/mol. The van der Waals surface area contributed by atoms with Gasteiger partial charge in [-0.2, -0.15) is 0 Å². The van der Waals surface area contributed by atoms with Crippen molar-refractivity contribution in [1.82, 2.24) is 0 Å². The summed E-state index contributed by atoms with van der Waals surface area (Å²) in [5.74, 6) is -2.46. The molecule has 0 amide bonds. The van der Waals surface area contributed by atoms with Crippen LogP contribution >= 0.6 is 39.1 Å². The molecule has 2 aromatic carbocycles. The first-order chi connectivity index (χ1) is 12.8. The van der Waals surface area contributed by atoms with E-state index < -0.39 is 33.2 Å². The third kappa shape index (κ3) is 2.57. The highest BCUT2D eigenvalue weighted by atomic mass is 79.9. The molecule has 0 bridgehead atoms. The normalized spacial score (nSPS) is 16.7. The van der Waals surface area contributed by atoms with Crippen LogP contribution in [0.2, 0.25) is 0 Å². The summed E-state index contributed by atoms with van der Waals surface area (Å²) in [5, 5.41) is -0.854. The van der Waals surface area contributed by atoms with Gasteiger partial charge in [0.05, 0.1) is 11.1 Å². The van der Waals surface area contributed by atoms with Crippen LogP contribution in [0.1, 0.15) is 41.4 Å². The molecule has 7 heteroatoms. The number of ketones is 4. The van der Waals surface area contributed by atoms with Crippen LogP contribution in [-0.2, 0) is 0 Å². The molecule has 27 heavy (non-hydrogen) atoms. The van der Waals surface area contributed by atoms with E-state index >= 15 is 0 Å². The molecule has 2 aliphatic carbocycles. The van der Waals surface area contributed by atoms with Gasteiger partial charge in [-0.15, -0.1) is 0 Å². The first kappa shape index (κ1) is 18.0. The average molecular weight is 462 g/mol. The molecule has 0 spiro atoms.